The van der Waals surface area contributed by atoms with Crippen molar-refractivity contribution in [3.05, 3.63) is 46.3 Å². The molecule has 72 valence electrons. The minimum absolute atomic E-state index is 0.292. The van der Waals surface area contributed by atoms with Crippen molar-refractivity contribution in [2.75, 3.05) is 0 Å². The maximum Gasteiger partial charge on any atom is 0.207 e. The second-order valence-corrected chi connectivity index (χ2v) is 3.50. The fraction of sp³-hybridized carbons (Fsp3) is 0.222. The predicted molar refractivity (Wildman–Crippen MR) is 57.0 cm³/mol. The Hall–Kier alpha value is -1.32. The van der Waals surface area contributed by atoms with Crippen molar-refractivity contribution >= 4 is 20.6 Å². The summed E-state index contributed by atoms with van der Waals surface area (Å²) < 4.78 is -0.292. The third-order valence-electron chi connectivity index (χ3n) is 1.72. The SMILES string of the molecule is [N-]=[N+]=N[C@@H](Cc1ccccc1)C(=O)Br. The lowest BCUT2D eigenvalue weighted by molar-refractivity contribution is -0.111. The summed E-state index contributed by atoms with van der Waals surface area (Å²) in [5, 5.41) is 3.40. The fourth-order valence-corrected chi connectivity index (χ4v) is 1.32. The first-order chi connectivity index (χ1) is 6.74. The van der Waals surface area contributed by atoms with Crippen LogP contribution in [0.3, 0.4) is 0 Å². The number of halogens is 1. The molecular formula is C9H8BrN3O. The van der Waals surface area contributed by atoms with Crippen LogP contribution >= 0.6 is 15.9 Å². The van der Waals surface area contributed by atoms with Gasteiger partial charge in [0, 0.05) is 4.91 Å². The van der Waals surface area contributed by atoms with Gasteiger partial charge in [-0.25, -0.2) is 0 Å². The molecule has 1 atom stereocenters. The number of rotatable bonds is 4. The Morgan fingerprint density at radius 3 is 2.64 bits per heavy atom. The van der Waals surface area contributed by atoms with Crippen molar-refractivity contribution in [3.63, 3.8) is 0 Å². The molecule has 1 aromatic carbocycles. The minimum Gasteiger partial charge on any atom is -0.286 e. The van der Waals surface area contributed by atoms with E-state index in [1.807, 2.05) is 30.3 Å². The lowest BCUT2D eigenvalue weighted by Crippen LogP contribution is -2.14. The van der Waals surface area contributed by atoms with Gasteiger partial charge in [0.15, 0.2) is 0 Å². The molecule has 0 N–H and O–H groups in total. The largest absolute Gasteiger partial charge is 0.286 e. The molecule has 0 fully saturated rings. The third-order valence-corrected chi connectivity index (χ3v) is 2.25. The quantitative estimate of drug-likeness (QED) is 0.352. The molecule has 0 saturated heterocycles. The van der Waals surface area contributed by atoms with Gasteiger partial charge in [-0.2, -0.15) is 0 Å². The molecule has 1 rings (SSSR count). The Labute approximate surface area is 89.7 Å². The Morgan fingerprint density at radius 1 is 1.50 bits per heavy atom. The van der Waals surface area contributed by atoms with E-state index in [1.165, 1.54) is 0 Å². The van der Waals surface area contributed by atoms with E-state index in [1.54, 1.807) is 0 Å². The highest BCUT2D eigenvalue weighted by atomic mass is 79.9. The molecule has 0 amide bonds. The van der Waals surface area contributed by atoms with E-state index >= 15 is 0 Å². The normalized spacial score (nSPS) is 11.5. The van der Waals surface area contributed by atoms with Gasteiger partial charge in [-0.05, 0) is 33.4 Å². The minimum atomic E-state index is -0.664. The molecule has 0 heterocycles. The van der Waals surface area contributed by atoms with Crippen LogP contribution in [-0.4, -0.2) is 10.7 Å². The van der Waals surface area contributed by atoms with Crippen LogP contribution in [0.2, 0.25) is 0 Å². The second kappa shape index (κ2) is 5.42. The first-order valence-electron chi connectivity index (χ1n) is 4.01. The van der Waals surface area contributed by atoms with E-state index in [2.05, 4.69) is 26.0 Å². The van der Waals surface area contributed by atoms with Gasteiger partial charge in [0.1, 0.15) is 6.04 Å². The number of hydrogen-bond acceptors (Lipinski definition) is 2. The van der Waals surface area contributed by atoms with Crippen LogP contribution in [0, 0.1) is 0 Å². The van der Waals surface area contributed by atoms with Crippen LogP contribution in [0.25, 0.3) is 10.4 Å². The molecule has 0 aliphatic carbocycles. The van der Waals surface area contributed by atoms with Gasteiger partial charge in [0.2, 0.25) is 4.69 Å². The molecule has 0 spiro atoms. The van der Waals surface area contributed by atoms with Crippen molar-refractivity contribution in [2.45, 2.75) is 12.5 Å². The Kier molecular flexibility index (Phi) is 4.16. The van der Waals surface area contributed by atoms with Gasteiger partial charge in [0.25, 0.3) is 0 Å². The molecule has 0 aliphatic heterocycles. The molecule has 14 heavy (non-hydrogen) atoms. The van der Waals surface area contributed by atoms with Crippen LogP contribution in [0.5, 0.6) is 0 Å². The summed E-state index contributed by atoms with van der Waals surface area (Å²) in [5.41, 5.74) is 9.22. The van der Waals surface area contributed by atoms with Crippen LogP contribution in [0.4, 0.5) is 0 Å². The summed E-state index contributed by atoms with van der Waals surface area (Å²) in [7, 11) is 0. The average molecular weight is 254 g/mol. The first-order valence-corrected chi connectivity index (χ1v) is 4.81. The summed E-state index contributed by atoms with van der Waals surface area (Å²) >= 11 is 2.80. The highest BCUT2D eigenvalue weighted by Crippen LogP contribution is 2.09. The molecule has 0 radical (unpaired) electrons. The molecule has 4 nitrogen and oxygen atoms in total. The van der Waals surface area contributed by atoms with Gasteiger partial charge >= 0.3 is 0 Å². The first kappa shape index (κ1) is 10.8. The van der Waals surface area contributed by atoms with Crippen LogP contribution < -0.4 is 0 Å². The maximum absolute atomic E-state index is 11.0. The van der Waals surface area contributed by atoms with E-state index in [9.17, 15) is 4.79 Å². The van der Waals surface area contributed by atoms with E-state index in [0.29, 0.717) is 6.42 Å². The number of nitrogens with zero attached hydrogens (tertiary/aromatic N) is 3. The predicted octanol–water partition coefficient (Wildman–Crippen LogP) is 2.83. The van der Waals surface area contributed by atoms with E-state index in [4.69, 9.17) is 5.53 Å². The zero-order valence-electron chi connectivity index (χ0n) is 7.30. The van der Waals surface area contributed by atoms with Crippen molar-refractivity contribution in [1.29, 1.82) is 0 Å². The van der Waals surface area contributed by atoms with E-state index in [-0.39, 0.29) is 4.69 Å². The molecular weight excluding hydrogens is 246 g/mol. The number of carbonyl (C=O) groups is 1. The van der Waals surface area contributed by atoms with Gasteiger partial charge in [-0.3, -0.25) is 4.79 Å². The summed E-state index contributed by atoms with van der Waals surface area (Å²) in [4.78, 5) is 13.6. The van der Waals surface area contributed by atoms with E-state index in [0.717, 1.165) is 5.56 Å². The van der Waals surface area contributed by atoms with Crippen LogP contribution in [0.1, 0.15) is 5.56 Å². The van der Waals surface area contributed by atoms with Gasteiger partial charge < -0.3 is 0 Å². The summed E-state index contributed by atoms with van der Waals surface area (Å²) in [6.07, 6.45) is 0.426. The zero-order valence-corrected chi connectivity index (χ0v) is 8.89. The van der Waals surface area contributed by atoms with Crippen LogP contribution in [-0.2, 0) is 11.2 Å². The van der Waals surface area contributed by atoms with Crippen molar-refractivity contribution in [2.24, 2.45) is 5.11 Å². The topological polar surface area (TPSA) is 65.8 Å². The van der Waals surface area contributed by atoms with Crippen molar-refractivity contribution in [1.82, 2.24) is 0 Å². The number of carbonyl (C=O) groups excluding carboxylic acids is 1. The lowest BCUT2D eigenvalue weighted by Gasteiger charge is -2.05. The highest BCUT2D eigenvalue weighted by molar-refractivity contribution is 9.18. The smallest absolute Gasteiger partial charge is 0.207 e. The molecule has 1 aromatic rings. The summed E-state index contributed by atoms with van der Waals surface area (Å²) in [6, 6.07) is 8.75. The Balaban J connectivity index is 2.75. The number of azide groups is 1. The molecule has 5 heteroatoms. The molecule has 0 bridgehead atoms. The molecule has 0 saturated carbocycles. The highest BCUT2D eigenvalue weighted by Gasteiger charge is 2.13. The summed E-state index contributed by atoms with van der Waals surface area (Å²) in [6.45, 7) is 0. The maximum atomic E-state index is 11.0. The monoisotopic (exact) mass is 253 g/mol. The fourth-order valence-electron chi connectivity index (χ4n) is 1.07. The molecule has 0 aliphatic rings. The van der Waals surface area contributed by atoms with Crippen LogP contribution in [0.15, 0.2) is 35.4 Å². The van der Waals surface area contributed by atoms with Crippen molar-refractivity contribution < 1.29 is 4.79 Å². The van der Waals surface area contributed by atoms with Gasteiger partial charge in [0.05, 0.1) is 0 Å². The van der Waals surface area contributed by atoms with E-state index < -0.39 is 6.04 Å². The Bertz CT molecular complexity index is 358. The zero-order chi connectivity index (χ0) is 10.4. The Morgan fingerprint density at radius 2 is 2.14 bits per heavy atom. The van der Waals surface area contributed by atoms with Crippen molar-refractivity contribution in [3.8, 4) is 0 Å². The number of hydrogen-bond donors (Lipinski definition) is 0. The summed E-state index contributed by atoms with van der Waals surface area (Å²) in [5.74, 6) is 0. The second-order valence-electron chi connectivity index (χ2n) is 2.71. The van der Waals surface area contributed by atoms with Gasteiger partial charge in [-0.15, -0.1) is 0 Å². The standard InChI is InChI=1S/C9H8BrN3O/c10-9(14)8(12-13-11)6-7-4-2-1-3-5-7/h1-5,8H,6H2/t8-/m0/s1. The number of benzene rings is 1. The lowest BCUT2D eigenvalue weighted by atomic mass is 10.1. The average Bonchev–Trinajstić information content (AvgIpc) is 2.18. The third kappa shape index (κ3) is 3.20. The van der Waals surface area contributed by atoms with Gasteiger partial charge in [-0.1, -0.05) is 35.4 Å². The molecule has 0 unspecified atom stereocenters. The molecule has 0 aromatic heterocycles.